The van der Waals surface area contributed by atoms with Crippen LogP contribution >= 0.6 is 0 Å². The smallest absolute Gasteiger partial charge is 0.290 e. The fourth-order valence-electron chi connectivity index (χ4n) is 4.78. The van der Waals surface area contributed by atoms with Crippen LogP contribution in [0.3, 0.4) is 0 Å². The monoisotopic (exact) mass is 482 g/mol. The minimum absolute atomic E-state index is 0.141. The number of hydrogen-bond acceptors (Lipinski definition) is 5. The highest BCUT2D eigenvalue weighted by Crippen LogP contribution is 2.39. The molecule has 0 N–H and O–H groups in total. The van der Waals surface area contributed by atoms with Crippen molar-refractivity contribution in [3.05, 3.63) is 111 Å². The lowest BCUT2D eigenvalue weighted by Gasteiger charge is -2.26. The van der Waals surface area contributed by atoms with Gasteiger partial charge in [-0.05, 0) is 69.4 Å². The lowest BCUT2D eigenvalue weighted by molar-refractivity contribution is 0.0722. The summed E-state index contributed by atoms with van der Waals surface area (Å²) in [5.41, 5.74) is 3.55. The molecule has 0 saturated heterocycles. The van der Waals surface area contributed by atoms with E-state index >= 15 is 0 Å². The van der Waals surface area contributed by atoms with Gasteiger partial charge in [0, 0.05) is 6.54 Å². The molecule has 1 aliphatic rings. The summed E-state index contributed by atoms with van der Waals surface area (Å²) in [5, 5.41) is 0.498. The van der Waals surface area contributed by atoms with E-state index in [4.69, 9.17) is 9.15 Å². The van der Waals surface area contributed by atoms with Crippen LogP contribution in [0.25, 0.3) is 11.0 Å². The molecule has 4 aromatic rings. The Morgan fingerprint density at radius 1 is 0.972 bits per heavy atom. The molecule has 0 unspecified atom stereocenters. The SMILES string of the molecule is Cc1ccc2oc3c(c(=O)c2c1)[C@@H](c1cccc(OCc2ccccc2)c1)N(CCCN(C)C)C3=O. The molecule has 0 bridgehead atoms. The van der Waals surface area contributed by atoms with E-state index < -0.39 is 6.04 Å². The zero-order valence-corrected chi connectivity index (χ0v) is 20.9. The largest absolute Gasteiger partial charge is 0.489 e. The lowest BCUT2D eigenvalue weighted by Crippen LogP contribution is -2.32. The van der Waals surface area contributed by atoms with Crippen molar-refractivity contribution in [1.29, 1.82) is 0 Å². The van der Waals surface area contributed by atoms with Gasteiger partial charge in [0.05, 0.1) is 17.0 Å². The highest BCUT2D eigenvalue weighted by atomic mass is 16.5. The van der Waals surface area contributed by atoms with Crippen LogP contribution in [-0.2, 0) is 6.61 Å². The average molecular weight is 483 g/mol. The van der Waals surface area contributed by atoms with Gasteiger partial charge in [-0.2, -0.15) is 0 Å². The first-order chi connectivity index (χ1) is 17.4. The van der Waals surface area contributed by atoms with Gasteiger partial charge in [0.1, 0.15) is 17.9 Å². The molecule has 36 heavy (non-hydrogen) atoms. The highest BCUT2D eigenvalue weighted by molar-refractivity contribution is 5.99. The molecule has 0 spiro atoms. The molecule has 184 valence electrons. The summed E-state index contributed by atoms with van der Waals surface area (Å²) in [7, 11) is 4.01. The average Bonchev–Trinajstić information content (AvgIpc) is 3.15. The second-order valence-corrected chi connectivity index (χ2v) is 9.58. The Labute approximate surface area is 210 Å². The Hall–Kier alpha value is -3.90. The number of fused-ring (bicyclic) bond motifs is 2. The molecule has 0 aliphatic carbocycles. The minimum atomic E-state index is -0.531. The Kier molecular flexibility index (Phi) is 6.61. The summed E-state index contributed by atoms with van der Waals surface area (Å²) in [6.45, 7) is 3.71. The number of aryl methyl sites for hydroxylation is 1. The highest BCUT2D eigenvalue weighted by Gasteiger charge is 2.42. The Balaban J connectivity index is 1.56. The molecule has 3 aromatic carbocycles. The maximum absolute atomic E-state index is 13.7. The third-order valence-electron chi connectivity index (χ3n) is 6.55. The molecule has 1 aromatic heterocycles. The van der Waals surface area contributed by atoms with Crippen LogP contribution in [0.4, 0.5) is 0 Å². The van der Waals surface area contributed by atoms with Gasteiger partial charge in [0.15, 0.2) is 5.43 Å². The topological polar surface area (TPSA) is 63.0 Å². The van der Waals surface area contributed by atoms with Crippen molar-refractivity contribution in [3.8, 4) is 5.75 Å². The van der Waals surface area contributed by atoms with Gasteiger partial charge in [0.2, 0.25) is 5.76 Å². The van der Waals surface area contributed by atoms with Gasteiger partial charge < -0.3 is 19.0 Å². The Morgan fingerprint density at radius 2 is 1.78 bits per heavy atom. The molecule has 0 fully saturated rings. The van der Waals surface area contributed by atoms with Crippen LogP contribution < -0.4 is 10.2 Å². The van der Waals surface area contributed by atoms with E-state index in [-0.39, 0.29) is 17.1 Å². The summed E-state index contributed by atoms with van der Waals surface area (Å²) in [5.74, 6) is 0.581. The fraction of sp³-hybridized carbons (Fsp3) is 0.267. The minimum Gasteiger partial charge on any atom is -0.489 e. The van der Waals surface area contributed by atoms with Gasteiger partial charge >= 0.3 is 0 Å². The number of hydrogen-bond donors (Lipinski definition) is 0. The second-order valence-electron chi connectivity index (χ2n) is 9.58. The van der Waals surface area contributed by atoms with E-state index in [2.05, 4.69) is 4.90 Å². The second kappa shape index (κ2) is 9.99. The summed E-state index contributed by atoms with van der Waals surface area (Å²) in [6, 6.07) is 22.6. The van der Waals surface area contributed by atoms with Gasteiger partial charge in [-0.15, -0.1) is 0 Å². The van der Waals surface area contributed by atoms with Crippen molar-refractivity contribution < 1.29 is 13.9 Å². The first kappa shape index (κ1) is 23.8. The van der Waals surface area contributed by atoms with Crippen LogP contribution in [0.1, 0.15) is 45.3 Å². The normalized spacial score (nSPS) is 15.1. The molecular weight excluding hydrogens is 452 g/mol. The standard InChI is InChI=1S/C30H30N2O4/c1-20-13-14-25-24(17-20)28(33)26-27(32(16-8-15-31(2)3)30(34)29(26)36-25)22-11-7-12-23(18-22)35-19-21-9-5-4-6-10-21/h4-7,9-14,17-18,27H,8,15-16,19H2,1-3H3/t27-/m1/s1. The fourth-order valence-corrected chi connectivity index (χ4v) is 4.78. The van der Waals surface area contributed by atoms with Crippen molar-refractivity contribution in [1.82, 2.24) is 9.80 Å². The molecule has 1 aliphatic heterocycles. The number of nitrogens with zero attached hydrogens (tertiary/aromatic N) is 2. The van der Waals surface area contributed by atoms with Crippen LogP contribution in [-0.4, -0.2) is 42.9 Å². The molecule has 0 saturated carbocycles. The van der Waals surface area contributed by atoms with Crippen molar-refractivity contribution in [2.24, 2.45) is 0 Å². The molecular formula is C30H30N2O4. The van der Waals surface area contributed by atoms with Gasteiger partial charge in [-0.1, -0.05) is 54.1 Å². The molecule has 6 nitrogen and oxygen atoms in total. The zero-order valence-electron chi connectivity index (χ0n) is 20.9. The van der Waals surface area contributed by atoms with Crippen LogP contribution in [0.15, 0.2) is 82.0 Å². The van der Waals surface area contributed by atoms with Gasteiger partial charge in [-0.3, -0.25) is 9.59 Å². The van der Waals surface area contributed by atoms with E-state index in [0.29, 0.717) is 35.4 Å². The van der Waals surface area contributed by atoms with Crippen LogP contribution in [0, 0.1) is 6.92 Å². The van der Waals surface area contributed by atoms with Crippen molar-refractivity contribution in [2.75, 3.05) is 27.2 Å². The molecule has 0 radical (unpaired) electrons. The summed E-state index contributed by atoms with van der Waals surface area (Å²) in [6.07, 6.45) is 0.778. The maximum Gasteiger partial charge on any atom is 0.290 e. The summed E-state index contributed by atoms with van der Waals surface area (Å²) < 4.78 is 12.1. The first-order valence-corrected chi connectivity index (χ1v) is 12.2. The van der Waals surface area contributed by atoms with E-state index in [1.165, 1.54) is 0 Å². The van der Waals surface area contributed by atoms with Gasteiger partial charge in [0.25, 0.3) is 5.91 Å². The van der Waals surface area contributed by atoms with Crippen molar-refractivity contribution in [2.45, 2.75) is 26.0 Å². The number of carbonyl (C=O) groups is 1. The number of carbonyl (C=O) groups excluding carboxylic acids is 1. The van der Waals surface area contributed by atoms with E-state index in [0.717, 1.165) is 29.7 Å². The Morgan fingerprint density at radius 3 is 2.56 bits per heavy atom. The summed E-state index contributed by atoms with van der Waals surface area (Å²) in [4.78, 5) is 31.2. The third kappa shape index (κ3) is 4.64. The first-order valence-electron chi connectivity index (χ1n) is 12.2. The molecule has 1 atom stereocenters. The predicted octanol–water partition coefficient (Wildman–Crippen LogP) is 5.18. The zero-order chi connectivity index (χ0) is 25.2. The number of ether oxygens (including phenoxy) is 1. The predicted molar refractivity (Wildman–Crippen MR) is 140 cm³/mol. The molecule has 1 amide bonds. The van der Waals surface area contributed by atoms with E-state index in [1.54, 1.807) is 11.0 Å². The van der Waals surface area contributed by atoms with Crippen LogP contribution in [0.2, 0.25) is 0 Å². The van der Waals surface area contributed by atoms with E-state index in [1.807, 2.05) is 87.7 Å². The molecule has 6 heteroatoms. The number of benzene rings is 3. The van der Waals surface area contributed by atoms with E-state index in [9.17, 15) is 9.59 Å². The molecule has 2 heterocycles. The quantitative estimate of drug-likeness (QED) is 0.346. The maximum atomic E-state index is 13.7. The number of rotatable bonds is 8. The molecule has 5 rings (SSSR count). The lowest BCUT2D eigenvalue weighted by atomic mass is 9.98. The van der Waals surface area contributed by atoms with Crippen LogP contribution in [0.5, 0.6) is 5.75 Å². The summed E-state index contributed by atoms with van der Waals surface area (Å²) >= 11 is 0. The third-order valence-corrected chi connectivity index (χ3v) is 6.55. The van der Waals surface area contributed by atoms with Crippen molar-refractivity contribution >= 4 is 16.9 Å². The van der Waals surface area contributed by atoms with Crippen molar-refractivity contribution in [3.63, 3.8) is 0 Å². The van der Waals surface area contributed by atoms with Gasteiger partial charge in [-0.25, -0.2) is 0 Å². The number of amides is 1. The Bertz CT molecular complexity index is 1460.